The van der Waals surface area contributed by atoms with Crippen LogP contribution in [0.5, 0.6) is 0 Å². The Balaban J connectivity index is 2.48. The summed E-state index contributed by atoms with van der Waals surface area (Å²) in [6, 6.07) is 8.87. The standard InChI is InChI=1S/C15H21N/c1-10(2)8-13-9-12-6-5-7-14(11(3)4)15(12)16-13/h5-7,9-11,16H,8H2,1-4H3. The summed E-state index contributed by atoms with van der Waals surface area (Å²) in [5, 5.41) is 1.35. The summed E-state index contributed by atoms with van der Waals surface area (Å²) in [5.74, 6) is 1.28. The van der Waals surface area contributed by atoms with Crippen LogP contribution in [0.25, 0.3) is 10.9 Å². The number of rotatable bonds is 3. The van der Waals surface area contributed by atoms with Crippen molar-refractivity contribution in [1.82, 2.24) is 4.98 Å². The first-order valence-corrected chi connectivity index (χ1v) is 6.18. The molecule has 1 aromatic heterocycles. The van der Waals surface area contributed by atoms with Crippen molar-refractivity contribution in [3.8, 4) is 0 Å². The smallest absolute Gasteiger partial charge is 0.0491 e. The number of aromatic nitrogens is 1. The summed E-state index contributed by atoms with van der Waals surface area (Å²) in [7, 11) is 0. The van der Waals surface area contributed by atoms with E-state index in [9.17, 15) is 0 Å². The van der Waals surface area contributed by atoms with E-state index in [1.807, 2.05) is 0 Å². The molecule has 0 saturated carbocycles. The van der Waals surface area contributed by atoms with Crippen molar-refractivity contribution in [2.45, 2.75) is 40.0 Å². The molecule has 0 aliphatic rings. The van der Waals surface area contributed by atoms with E-state index in [1.165, 1.54) is 22.2 Å². The minimum absolute atomic E-state index is 0.578. The molecule has 16 heavy (non-hydrogen) atoms. The zero-order valence-electron chi connectivity index (χ0n) is 10.7. The zero-order valence-corrected chi connectivity index (χ0v) is 10.7. The number of nitrogens with one attached hydrogen (secondary N) is 1. The highest BCUT2D eigenvalue weighted by atomic mass is 14.7. The first-order valence-electron chi connectivity index (χ1n) is 6.18. The molecule has 0 aliphatic carbocycles. The maximum atomic E-state index is 3.58. The fourth-order valence-electron chi connectivity index (χ4n) is 2.27. The van der Waals surface area contributed by atoms with Crippen LogP contribution in [-0.4, -0.2) is 4.98 Å². The normalized spacial score (nSPS) is 11.9. The van der Waals surface area contributed by atoms with Crippen molar-refractivity contribution in [2.24, 2.45) is 5.92 Å². The number of hydrogen-bond acceptors (Lipinski definition) is 0. The molecule has 1 nitrogen and oxygen atoms in total. The number of para-hydroxylation sites is 1. The summed E-state index contributed by atoms with van der Waals surface area (Å²) in [5.41, 5.74) is 4.11. The molecule has 2 aromatic rings. The zero-order chi connectivity index (χ0) is 11.7. The molecule has 0 unspecified atom stereocenters. The molecule has 0 amide bonds. The van der Waals surface area contributed by atoms with E-state index in [2.05, 4.69) is 56.9 Å². The topological polar surface area (TPSA) is 15.8 Å². The molecule has 0 spiro atoms. The molecule has 1 aromatic carbocycles. The van der Waals surface area contributed by atoms with Gasteiger partial charge in [0.05, 0.1) is 0 Å². The van der Waals surface area contributed by atoms with Crippen molar-refractivity contribution >= 4 is 10.9 Å². The molecular weight excluding hydrogens is 194 g/mol. The predicted molar refractivity (Wildman–Crippen MR) is 70.9 cm³/mol. The van der Waals surface area contributed by atoms with Crippen LogP contribution in [0.15, 0.2) is 24.3 Å². The van der Waals surface area contributed by atoms with E-state index >= 15 is 0 Å². The maximum absolute atomic E-state index is 3.58. The third kappa shape index (κ3) is 2.13. The van der Waals surface area contributed by atoms with Gasteiger partial charge in [0.1, 0.15) is 0 Å². The second-order valence-corrected chi connectivity index (χ2v) is 5.36. The second-order valence-electron chi connectivity index (χ2n) is 5.36. The highest BCUT2D eigenvalue weighted by Crippen LogP contribution is 2.26. The molecule has 1 heteroatoms. The molecule has 1 heterocycles. The van der Waals surface area contributed by atoms with Gasteiger partial charge in [-0.05, 0) is 35.3 Å². The fraction of sp³-hybridized carbons (Fsp3) is 0.467. The van der Waals surface area contributed by atoms with E-state index in [0.717, 1.165) is 6.42 Å². The molecule has 0 saturated heterocycles. The Bertz CT molecular complexity index is 477. The average molecular weight is 215 g/mol. The lowest BCUT2D eigenvalue weighted by molar-refractivity contribution is 0.638. The van der Waals surface area contributed by atoms with Crippen LogP contribution >= 0.6 is 0 Å². The summed E-state index contributed by atoms with van der Waals surface area (Å²) in [4.78, 5) is 3.58. The van der Waals surface area contributed by atoms with Crippen LogP contribution in [0, 0.1) is 5.92 Å². The van der Waals surface area contributed by atoms with Gasteiger partial charge in [0.15, 0.2) is 0 Å². The first kappa shape index (κ1) is 11.3. The second kappa shape index (κ2) is 4.32. The van der Waals surface area contributed by atoms with Crippen molar-refractivity contribution in [3.05, 3.63) is 35.5 Å². The molecule has 86 valence electrons. The van der Waals surface area contributed by atoms with Crippen molar-refractivity contribution in [1.29, 1.82) is 0 Å². The molecule has 2 rings (SSSR count). The molecule has 0 bridgehead atoms. The highest BCUT2D eigenvalue weighted by Gasteiger charge is 2.08. The van der Waals surface area contributed by atoms with Crippen molar-refractivity contribution in [2.75, 3.05) is 0 Å². The lowest BCUT2D eigenvalue weighted by Crippen LogP contribution is -1.94. The van der Waals surface area contributed by atoms with E-state index < -0.39 is 0 Å². The van der Waals surface area contributed by atoms with Gasteiger partial charge in [-0.1, -0.05) is 45.9 Å². The summed E-state index contributed by atoms with van der Waals surface area (Å²) >= 11 is 0. The van der Waals surface area contributed by atoms with Gasteiger partial charge < -0.3 is 4.98 Å². The van der Waals surface area contributed by atoms with E-state index in [-0.39, 0.29) is 0 Å². The van der Waals surface area contributed by atoms with Gasteiger partial charge in [0, 0.05) is 11.2 Å². The van der Waals surface area contributed by atoms with Gasteiger partial charge in [-0.25, -0.2) is 0 Å². The van der Waals surface area contributed by atoms with Gasteiger partial charge >= 0.3 is 0 Å². The Morgan fingerprint density at radius 1 is 1.12 bits per heavy atom. The van der Waals surface area contributed by atoms with Gasteiger partial charge in [0.2, 0.25) is 0 Å². The predicted octanol–water partition coefficient (Wildman–Crippen LogP) is 4.49. The summed E-state index contributed by atoms with van der Waals surface area (Å²) < 4.78 is 0. The van der Waals surface area contributed by atoms with E-state index in [0.29, 0.717) is 11.8 Å². The third-order valence-corrected chi connectivity index (χ3v) is 2.99. The van der Waals surface area contributed by atoms with E-state index in [4.69, 9.17) is 0 Å². The third-order valence-electron chi connectivity index (χ3n) is 2.99. The Morgan fingerprint density at radius 2 is 1.88 bits per heavy atom. The van der Waals surface area contributed by atoms with Crippen LogP contribution in [0.4, 0.5) is 0 Å². The lowest BCUT2D eigenvalue weighted by atomic mass is 10.0. The largest absolute Gasteiger partial charge is 0.358 e. The molecule has 0 radical (unpaired) electrons. The monoisotopic (exact) mass is 215 g/mol. The number of benzene rings is 1. The van der Waals surface area contributed by atoms with Gasteiger partial charge in [-0.15, -0.1) is 0 Å². The SMILES string of the molecule is CC(C)Cc1cc2cccc(C(C)C)c2[nH]1. The van der Waals surface area contributed by atoms with Crippen molar-refractivity contribution < 1.29 is 0 Å². The quantitative estimate of drug-likeness (QED) is 0.776. The highest BCUT2D eigenvalue weighted by molar-refractivity contribution is 5.84. The molecule has 1 N–H and O–H groups in total. The van der Waals surface area contributed by atoms with Crippen molar-refractivity contribution in [3.63, 3.8) is 0 Å². The molecule has 0 fully saturated rings. The van der Waals surface area contributed by atoms with Crippen LogP contribution < -0.4 is 0 Å². The summed E-state index contributed by atoms with van der Waals surface area (Å²) in [6.45, 7) is 9.01. The van der Waals surface area contributed by atoms with Crippen LogP contribution in [-0.2, 0) is 6.42 Å². The molecule has 0 atom stereocenters. The summed E-state index contributed by atoms with van der Waals surface area (Å²) in [6.07, 6.45) is 1.13. The van der Waals surface area contributed by atoms with Gasteiger partial charge in [-0.2, -0.15) is 0 Å². The first-order chi connectivity index (χ1) is 7.58. The minimum atomic E-state index is 0.578. The fourth-order valence-corrected chi connectivity index (χ4v) is 2.27. The number of aromatic amines is 1. The number of fused-ring (bicyclic) bond motifs is 1. The Morgan fingerprint density at radius 3 is 2.50 bits per heavy atom. The Hall–Kier alpha value is -1.24. The Kier molecular flexibility index (Phi) is 3.04. The minimum Gasteiger partial charge on any atom is -0.358 e. The average Bonchev–Trinajstić information content (AvgIpc) is 2.57. The maximum Gasteiger partial charge on any atom is 0.0491 e. The number of hydrogen-bond donors (Lipinski definition) is 1. The molecular formula is C15H21N. The Labute approximate surface area is 97.9 Å². The lowest BCUT2D eigenvalue weighted by Gasteiger charge is -2.06. The van der Waals surface area contributed by atoms with E-state index in [1.54, 1.807) is 0 Å². The van der Waals surface area contributed by atoms with Crippen LogP contribution in [0.1, 0.15) is 44.9 Å². The van der Waals surface area contributed by atoms with Gasteiger partial charge in [-0.3, -0.25) is 0 Å². The van der Waals surface area contributed by atoms with Crippen LogP contribution in [0.3, 0.4) is 0 Å². The molecule has 0 aliphatic heterocycles. The van der Waals surface area contributed by atoms with Gasteiger partial charge in [0.25, 0.3) is 0 Å². The number of H-pyrrole nitrogens is 1. The van der Waals surface area contributed by atoms with Crippen LogP contribution in [0.2, 0.25) is 0 Å².